The normalized spacial score (nSPS) is 11.2. The van der Waals surface area contributed by atoms with Crippen LogP contribution in [0.1, 0.15) is 17.0 Å². The van der Waals surface area contributed by atoms with Crippen LogP contribution in [0.5, 0.6) is 0 Å². The van der Waals surface area contributed by atoms with Crippen molar-refractivity contribution >= 4 is 33.8 Å². The second-order valence-corrected chi connectivity index (χ2v) is 6.90. The van der Waals surface area contributed by atoms with Crippen LogP contribution in [0, 0.1) is 6.92 Å². The van der Waals surface area contributed by atoms with Gasteiger partial charge in [0.05, 0.1) is 28.4 Å². The largest absolute Gasteiger partial charge is 0.366 e. The fourth-order valence-corrected chi connectivity index (χ4v) is 3.30. The molecule has 0 unspecified atom stereocenters. The van der Waals surface area contributed by atoms with Gasteiger partial charge in [0, 0.05) is 19.3 Å². The zero-order chi connectivity index (χ0) is 19.6. The number of rotatable bonds is 6. The first-order valence-corrected chi connectivity index (χ1v) is 9.41. The molecule has 29 heavy (non-hydrogen) atoms. The van der Waals surface area contributed by atoms with Crippen molar-refractivity contribution in [1.29, 1.82) is 0 Å². The molecule has 144 valence electrons. The molecular weight excluding hydrogens is 364 g/mol. The summed E-state index contributed by atoms with van der Waals surface area (Å²) in [5.41, 5.74) is 6.29. The lowest BCUT2D eigenvalue weighted by Crippen LogP contribution is -2.06. The molecule has 0 radical (unpaired) electrons. The molecule has 3 aromatic heterocycles. The first kappa shape index (κ1) is 17.2. The smallest absolute Gasteiger partial charge is 0.224 e. The summed E-state index contributed by atoms with van der Waals surface area (Å²) >= 11 is 0. The minimum atomic E-state index is 0.583. The van der Waals surface area contributed by atoms with E-state index in [0.29, 0.717) is 19.0 Å². The van der Waals surface area contributed by atoms with Crippen LogP contribution in [0.2, 0.25) is 0 Å². The van der Waals surface area contributed by atoms with Gasteiger partial charge in [-0.2, -0.15) is 4.98 Å². The minimum Gasteiger partial charge on any atom is -0.366 e. The highest BCUT2D eigenvalue weighted by Gasteiger charge is 2.04. The number of nitrogens with one attached hydrogen (secondary N) is 4. The number of aryl methyl sites for hydroxylation is 1. The lowest BCUT2D eigenvalue weighted by molar-refractivity contribution is 1.04. The highest BCUT2D eigenvalue weighted by Crippen LogP contribution is 2.16. The van der Waals surface area contributed by atoms with Gasteiger partial charge < -0.3 is 20.6 Å². The molecule has 0 saturated heterocycles. The van der Waals surface area contributed by atoms with Gasteiger partial charge in [-0.25, -0.2) is 15.0 Å². The maximum absolute atomic E-state index is 4.55. The Morgan fingerprint density at radius 1 is 0.828 bits per heavy atom. The van der Waals surface area contributed by atoms with Crippen molar-refractivity contribution in [2.75, 3.05) is 10.6 Å². The SMILES string of the molecule is Cc1nc2ccc(CNc3nccc(NCc4ccc5nc[nH]c5c4)n3)cc2[nH]1. The van der Waals surface area contributed by atoms with Gasteiger partial charge >= 0.3 is 0 Å². The Labute approximate surface area is 166 Å². The maximum Gasteiger partial charge on any atom is 0.224 e. The summed E-state index contributed by atoms with van der Waals surface area (Å²) in [4.78, 5) is 23.9. The van der Waals surface area contributed by atoms with E-state index in [1.165, 1.54) is 0 Å². The first-order valence-electron chi connectivity index (χ1n) is 9.41. The van der Waals surface area contributed by atoms with E-state index in [2.05, 4.69) is 64.8 Å². The standard InChI is InChI=1S/C21H20N8/c1-13-27-17-5-3-15(9-19(17)28-13)11-24-21-22-7-6-20(29-21)23-10-14-2-4-16-18(8-14)26-12-25-16/h2-9,12H,10-11H2,1H3,(H,25,26)(H,27,28)(H2,22,23,24,29). The highest BCUT2D eigenvalue weighted by atomic mass is 15.1. The number of hydrogen-bond donors (Lipinski definition) is 4. The molecular formula is C21H20N8. The Morgan fingerprint density at radius 3 is 2.52 bits per heavy atom. The Bertz CT molecular complexity index is 1290. The van der Waals surface area contributed by atoms with Crippen molar-refractivity contribution in [2.45, 2.75) is 20.0 Å². The summed E-state index contributed by atoms with van der Waals surface area (Å²) < 4.78 is 0. The number of aromatic nitrogens is 6. The monoisotopic (exact) mass is 384 g/mol. The van der Waals surface area contributed by atoms with Crippen LogP contribution >= 0.6 is 0 Å². The number of aromatic amines is 2. The molecule has 4 N–H and O–H groups in total. The minimum absolute atomic E-state index is 0.583. The van der Waals surface area contributed by atoms with Gasteiger partial charge in [0.15, 0.2) is 0 Å². The summed E-state index contributed by atoms with van der Waals surface area (Å²) in [5.74, 6) is 2.27. The number of benzene rings is 2. The van der Waals surface area contributed by atoms with Gasteiger partial charge in [0.25, 0.3) is 0 Å². The second kappa shape index (κ2) is 7.23. The van der Waals surface area contributed by atoms with Crippen molar-refractivity contribution in [3.05, 3.63) is 71.9 Å². The van der Waals surface area contributed by atoms with Gasteiger partial charge in [0.1, 0.15) is 11.6 Å². The summed E-state index contributed by atoms with van der Waals surface area (Å²) in [6, 6.07) is 14.2. The molecule has 0 bridgehead atoms. The number of hydrogen-bond acceptors (Lipinski definition) is 6. The molecule has 8 heteroatoms. The van der Waals surface area contributed by atoms with E-state index in [9.17, 15) is 0 Å². The Hall–Kier alpha value is -3.94. The van der Waals surface area contributed by atoms with Crippen molar-refractivity contribution in [3.63, 3.8) is 0 Å². The quantitative estimate of drug-likeness (QED) is 0.355. The van der Waals surface area contributed by atoms with Crippen LogP contribution in [0.15, 0.2) is 55.0 Å². The molecule has 0 saturated carbocycles. The fraction of sp³-hybridized carbons (Fsp3) is 0.143. The van der Waals surface area contributed by atoms with E-state index in [4.69, 9.17) is 0 Å². The van der Waals surface area contributed by atoms with E-state index >= 15 is 0 Å². The zero-order valence-electron chi connectivity index (χ0n) is 15.9. The molecule has 8 nitrogen and oxygen atoms in total. The average Bonchev–Trinajstić information content (AvgIpc) is 3.35. The van der Waals surface area contributed by atoms with Gasteiger partial charge in [0.2, 0.25) is 5.95 Å². The molecule has 0 aliphatic heterocycles. The van der Waals surface area contributed by atoms with Gasteiger partial charge in [-0.1, -0.05) is 12.1 Å². The van der Waals surface area contributed by atoms with Gasteiger partial charge in [-0.3, -0.25) is 0 Å². The molecule has 0 aliphatic rings. The number of imidazole rings is 2. The predicted octanol–water partition coefficient (Wildman–Crippen LogP) is 3.76. The van der Waals surface area contributed by atoms with Crippen LogP contribution in [-0.4, -0.2) is 29.9 Å². The van der Waals surface area contributed by atoms with Crippen molar-refractivity contribution in [2.24, 2.45) is 0 Å². The van der Waals surface area contributed by atoms with Gasteiger partial charge in [-0.15, -0.1) is 0 Å². The molecule has 0 spiro atoms. The van der Waals surface area contributed by atoms with Crippen molar-refractivity contribution in [3.8, 4) is 0 Å². The molecule has 3 heterocycles. The molecule has 5 aromatic rings. The van der Waals surface area contributed by atoms with Crippen LogP contribution < -0.4 is 10.6 Å². The fourth-order valence-electron chi connectivity index (χ4n) is 3.30. The van der Waals surface area contributed by atoms with Crippen LogP contribution in [0.4, 0.5) is 11.8 Å². The number of fused-ring (bicyclic) bond motifs is 2. The van der Waals surface area contributed by atoms with E-state index in [-0.39, 0.29) is 0 Å². The van der Waals surface area contributed by atoms with Crippen LogP contribution in [0.25, 0.3) is 22.1 Å². The third-order valence-corrected chi connectivity index (χ3v) is 4.73. The molecule has 0 aliphatic carbocycles. The predicted molar refractivity (Wildman–Crippen MR) is 114 cm³/mol. The van der Waals surface area contributed by atoms with Crippen LogP contribution in [-0.2, 0) is 13.1 Å². The van der Waals surface area contributed by atoms with Crippen molar-refractivity contribution < 1.29 is 0 Å². The molecule has 2 aromatic carbocycles. The topological polar surface area (TPSA) is 107 Å². The third kappa shape index (κ3) is 3.73. The number of anilines is 2. The summed E-state index contributed by atoms with van der Waals surface area (Å²) in [5, 5.41) is 6.63. The summed E-state index contributed by atoms with van der Waals surface area (Å²) in [6.07, 6.45) is 3.45. The molecule has 5 rings (SSSR count). The van der Waals surface area contributed by atoms with Crippen LogP contribution in [0.3, 0.4) is 0 Å². The van der Waals surface area contributed by atoms with E-state index in [1.54, 1.807) is 12.5 Å². The molecule has 0 amide bonds. The molecule has 0 fully saturated rings. The lowest BCUT2D eigenvalue weighted by Gasteiger charge is -2.09. The summed E-state index contributed by atoms with van der Waals surface area (Å²) in [6.45, 7) is 3.26. The Kier molecular flexibility index (Phi) is 4.28. The maximum atomic E-state index is 4.55. The molecule has 0 atom stereocenters. The summed E-state index contributed by atoms with van der Waals surface area (Å²) in [7, 11) is 0. The lowest BCUT2D eigenvalue weighted by atomic mass is 10.2. The number of H-pyrrole nitrogens is 2. The van der Waals surface area contributed by atoms with Crippen molar-refractivity contribution in [1.82, 2.24) is 29.9 Å². The Balaban J connectivity index is 1.23. The number of nitrogens with zero attached hydrogens (tertiary/aromatic N) is 4. The first-order chi connectivity index (χ1) is 14.2. The third-order valence-electron chi connectivity index (χ3n) is 4.73. The van der Waals surface area contributed by atoms with E-state index < -0.39 is 0 Å². The van der Waals surface area contributed by atoms with E-state index in [1.807, 2.05) is 25.1 Å². The average molecular weight is 384 g/mol. The zero-order valence-corrected chi connectivity index (χ0v) is 15.9. The second-order valence-electron chi connectivity index (χ2n) is 6.90. The van der Waals surface area contributed by atoms with Gasteiger partial charge in [-0.05, 0) is 48.4 Å². The van der Waals surface area contributed by atoms with E-state index in [0.717, 1.165) is 44.8 Å². The highest BCUT2D eigenvalue weighted by molar-refractivity contribution is 5.76. The Morgan fingerprint density at radius 2 is 1.62 bits per heavy atom.